The van der Waals surface area contributed by atoms with E-state index in [4.69, 9.17) is 0 Å². The minimum absolute atomic E-state index is 0.0266. The maximum Gasteiger partial charge on any atom is 0.243 e. The van der Waals surface area contributed by atoms with Gasteiger partial charge in [0.05, 0.1) is 4.90 Å². The molecule has 0 spiro atoms. The summed E-state index contributed by atoms with van der Waals surface area (Å²) < 4.78 is 52.9. The van der Waals surface area contributed by atoms with Gasteiger partial charge in [-0.25, -0.2) is 17.2 Å². The molecule has 0 bridgehead atoms. The molecule has 1 fully saturated rings. The Labute approximate surface area is 163 Å². The van der Waals surface area contributed by atoms with E-state index in [1.54, 1.807) is 4.90 Å². The molecule has 1 unspecified atom stereocenters. The van der Waals surface area contributed by atoms with Crippen molar-refractivity contribution in [3.63, 3.8) is 0 Å². The summed E-state index contributed by atoms with van der Waals surface area (Å²) in [6.45, 7) is 2.75. The fourth-order valence-electron chi connectivity index (χ4n) is 3.25. The second-order valence-corrected chi connectivity index (χ2v) is 8.81. The number of carbonyl (C=O) groups is 1. The first-order valence-electron chi connectivity index (χ1n) is 9.07. The van der Waals surface area contributed by atoms with Gasteiger partial charge in [-0.1, -0.05) is 37.3 Å². The van der Waals surface area contributed by atoms with Gasteiger partial charge >= 0.3 is 0 Å². The van der Waals surface area contributed by atoms with Crippen molar-refractivity contribution >= 4 is 15.9 Å². The predicted molar refractivity (Wildman–Crippen MR) is 101 cm³/mol. The fourth-order valence-corrected chi connectivity index (χ4v) is 4.69. The van der Waals surface area contributed by atoms with Crippen molar-refractivity contribution in [2.45, 2.75) is 24.2 Å². The van der Waals surface area contributed by atoms with Crippen LogP contribution in [-0.2, 0) is 14.8 Å². The highest BCUT2D eigenvalue weighted by Gasteiger charge is 2.31. The quantitative estimate of drug-likeness (QED) is 0.764. The Morgan fingerprint density at radius 1 is 1.00 bits per heavy atom. The lowest BCUT2D eigenvalue weighted by Gasteiger charge is -2.34. The maximum atomic E-state index is 13.4. The van der Waals surface area contributed by atoms with Crippen molar-refractivity contribution < 1.29 is 22.0 Å². The van der Waals surface area contributed by atoms with Crippen LogP contribution in [0.2, 0.25) is 0 Å². The van der Waals surface area contributed by atoms with Gasteiger partial charge in [-0.15, -0.1) is 0 Å². The van der Waals surface area contributed by atoms with Gasteiger partial charge in [0.25, 0.3) is 0 Å². The van der Waals surface area contributed by atoms with Crippen LogP contribution in [0.15, 0.2) is 53.4 Å². The molecule has 5 nitrogen and oxygen atoms in total. The number of halogens is 2. The van der Waals surface area contributed by atoms with Crippen LogP contribution in [0.4, 0.5) is 8.78 Å². The molecular formula is C20H22F2N2O3S. The highest BCUT2D eigenvalue weighted by atomic mass is 32.2. The number of hydrogen-bond acceptors (Lipinski definition) is 3. The minimum Gasteiger partial charge on any atom is -0.340 e. The number of piperazine rings is 1. The fraction of sp³-hybridized carbons (Fsp3) is 0.350. The normalized spacial score (nSPS) is 16.8. The van der Waals surface area contributed by atoms with Crippen molar-refractivity contribution in [3.05, 3.63) is 65.7 Å². The molecule has 1 aliphatic heterocycles. The van der Waals surface area contributed by atoms with Crippen LogP contribution in [0.3, 0.4) is 0 Å². The topological polar surface area (TPSA) is 57.7 Å². The first-order chi connectivity index (χ1) is 13.3. The Balaban J connectivity index is 1.60. The number of hydrogen-bond donors (Lipinski definition) is 0. The lowest BCUT2D eigenvalue weighted by molar-refractivity contribution is -0.132. The van der Waals surface area contributed by atoms with E-state index in [1.807, 2.05) is 37.3 Å². The van der Waals surface area contributed by atoms with Crippen molar-refractivity contribution in [1.29, 1.82) is 0 Å². The van der Waals surface area contributed by atoms with Gasteiger partial charge in [0.15, 0.2) is 11.6 Å². The van der Waals surface area contributed by atoms with Crippen LogP contribution in [0.25, 0.3) is 0 Å². The van der Waals surface area contributed by atoms with Gasteiger partial charge in [0.2, 0.25) is 15.9 Å². The van der Waals surface area contributed by atoms with E-state index < -0.39 is 21.7 Å². The number of amides is 1. The lowest BCUT2D eigenvalue weighted by Crippen LogP contribution is -2.50. The number of benzene rings is 2. The molecule has 3 rings (SSSR count). The van der Waals surface area contributed by atoms with Crippen LogP contribution >= 0.6 is 0 Å². The molecule has 1 heterocycles. The summed E-state index contributed by atoms with van der Waals surface area (Å²) in [5.74, 6) is -2.26. The molecule has 0 aromatic heterocycles. The van der Waals surface area contributed by atoms with E-state index in [2.05, 4.69) is 0 Å². The molecule has 28 heavy (non-hydrogen) atoms. The van der Waals surface area contributed by atoms with Gasteiger partial charge in [-0.05, 0) is 29.7 Å². The molecule has 1 aliphatic rings. The van der Waals surface area contributed by atoms with Crippen LogP contribution in [-0.4, -0.2) is 49.7 Å². The average molecular weight is 408 g/mol. The lowest BCUT2D eigenvalue weighted by atomic mass is 9.97. The van der Waals surface area contributed by atoms with E-state index in [0.29, 0.717) is 12.5 Å². The van der Waals surface area contributed by atoms with E-state index in [-0.39, 0.29) is 42.9 Å². The summed E-state index contributed by atoms with van der Waals surface area (Å²) >= 11 is 0. The smallest absolute Gasteiger partial charge is 0.243 e. The molecule has 150 valence electrons. The van der Waals surface area contributed by atoms with Crippen LogP contribution < -0.4 is 0 Å². The molecule has 2 aromatic carbocycles. The molecule has 0 saturated carbocycles. The Kier molecular flexibility index (Phi) is 6.10. The molecule has 0 N–H and O–H groups in total. The maximum absolute atomic E-state index is 13.4. The third-order valence-electron chi connectivity index (χ3n) is 4.97. The zero-order valence-corrected chi connectivity index (χ0v) is 16.3. The van der Waals surface area contributed by atoms with E-state index in [0.717, 1.165) is 17.7 Å². The van der Waals surface area contributed by atoms with Crippen molar-refractivity contribution in [2.75, 3.05) is 26.2 Å². The molecular weight excluding hydrogens is 386 g/mol. The molecule has 1 amide bonds. The number of carbonyl (C=O) groups excluding carboxylic acids is 1. The Morgan fingerprint density at radius 2 is 1.64 bits per heavy atom. The van der Waals surface area contributed by atoms with Crippen molar-refractivity contribution in [2.24, 2.45) is 0 Å². The Morgan fingerprint density at radius 3 is 2.25 bits per heavy atom. The third kappa shape index (κ3) is 4.39. The van der Waals surface area contributed by atoms with Crippen molar-refractivity contribution in [1.82, 2.24) is 9.21 Å². The predicted octanol–water partition coefficient (Wildman–Crippen LogP) is 2.99. The SMILES string of the molecule is CC(CC(=O)N1CCN(S(=O)(=O)c2ccc(F)c(F)c2)CC1)c1ccccc1. The van der Waals surface area contributed by atoms with Crippen LogP contribution in [0.1, 0.15) is 24.8 Å². The molecule has 1 atom stereocenters. The standard InChI is InChI=1S/C20H22F2N2O3S/c1-15(16-5-3-2-4-6-16)13-20(25)23-9-11-24(12-10-23)28(26,27)17-7-8-18(21)19(22)14-17/h2-8,14-15H,9-13H2,1H3. The zero-order valence-electron chi connectivity index (χ0n) is 15.5. The highest BCUT2D eigenvalue weighted by molar-refractivity contribution is 7.89. The van der Waals surface area contributed by atoms with Crippen LogP contribution in [0, 0.1) is 11.6 Å². The monoisotopic (exact) mass is 408 g/mol. The summed E-state index contributed by atoms with van der Waals surface area (Å²) in [7, 11) is -3.93. The molecule has 0 radical (unpaired) electrons. The second-order valence-electron chi connectivity index (χ2n) is 6.88. The molecule has 8 heteroatoms. The number of sulfonamides is 1. The van der Waals surface area contributed by atoms with E-state index >= 15 is 0 Å². The number of nitrogens with zero attached hydrogens (tertiary/aromatic N) is 2. The first-order valence-corrected chi connectivity index (χ1v) is 10.5. The van der Waals surface area contributed by atoms with Crippen LogP contribution in [0.5, 0.6) is 0 Å². The van der Waals surface area contributed by atoms with Gasteiger partial charge in [0, 0.05) is 32.6 Å². The summed E-state index contributed by atoms with van der Waals surface area (Å²) in [5.41, 5.74) is 1.08. The summed E-state index contributed by atoms with van der Waals surface area (Å²) in [6.07, 6.45) is 0.347. The minimum atomic E-state index is -3.93. The summed E-state index contributed by atoms with van der Waals surface area (Å²) in [4.78, 5) is 13.9. The zero-order chi connectivity index (χ0) is 20.3. The summed E-state index contributed by atoms with van der Waals surface area (Å²) in [5, 5.41) is 0. The Bertz CT molecular complexity index is 943. The third-order valence-corrected chi connectivity index (χ3v) is 6.86. The first kappa shape index (κ1) is 20.4. The average Bonchev–Trinajstić information content (AvgIpc) is 2.70. The van der Waals surface area contributed by atoms with Gasteiger partial charge in [0.1, 0.15) is 0 Å². The second kappa shape index (κ2) is 8.36. The van der Waals surface area contributed by atoms with E-state index in [9.17, 15) is 22.0 Å². The number of rotatable bonds is 5. The van der Waals surface area contributed by atoms with E-state index in [1.165, 1.54) is 4.31 Å². The van der Waals surface area contributed by atoms with Gasteiger partial charge in [-0.3, -0.25) is 4.79 Å². The highest BCUT2D eigenvalue weighted by Crippen LogP contribution is 2.22. The van der Waals surface area contributed by atoms with Crippen molar-refractivity contribution in [3.8, 4) is 0 Å². The molecule has 1 saturated heterocycles. The Hall–Kier alpha value is -2.32. The molecule has 0 aliphatic carbocycles. The largest absolute Gasteiger partial charge is 0.340 e. The summed E-state index contributed by atoms with van der Waals surface area (Å²) in [6, 6.07) is 12.3. The van der Waals surface area contributed by atoms with Gasteiger partial charge in [-0.2, -0.15) is 4.31 Å². The molecule has 2 aromatic rings. The van der Waals surface area contributed by atoms with Gasteiger partial charge < -0.3 is 4.90 Å².